The summed E-state index contributed by atoms with van der Waals surface area (Å²) in [5.41, 5.74) is 2.38. The van der Waals surface area contributed by atoms with Gasteiger partial charge < -0.3 is 14.7 Å². The molecular formula is C16H22N2O3. The summed E-state index contributed by atoms with van der Waals surface area (Å²) in [4.78, 5) is 18.1. The monoisotopic (exact) mass is 290 g/mol. The minimum atomic E-state index is -0.933. The van der Waals surface area contributed by atoms with E-state index in [0.717, 1.165) is 36.9 Å². The van der Waals surface area contributed by atoms with Crippen LogP contribution in [0, 0.1) is 0 Å². The van der Waals surface area contributed by atoms with Crippen LogP contribution in [-0.4, -0.2) is 42.9 Å². The Bertz CT molecular complexity index is 528. The Kier molecular flexibility index (Phi) is 5.33. The van der Waals surface area contributed by atoms with Gasteiger partial charge in [0.1, 0.15) is 11.4 Å². The number of hydrogen-bond donors (Lipinski definition) is 1. The molecule has 0 saturated heterocycles. The van der Waals surface area contributed by atoms with E-state index >= 15 is 0 Å². The maximum absolute atomic E-state index is 11.6. The van der Waals surface area contributed by atoms with Crippen LogP contribution in [0.4, 0.5) is 5.82 Å². The summed E-state index contributed by atoms with van der Waals surface area (Å²) in [6.07, 6.45) is 5.82. The summed E-state index contributed by atoms with van der Waals surface area (Å²) in [6.45, 7) is 5.40. The first-order valence-electron chi connectivity index (χ1n) is 7.28. The van der Waals surface area contributed by atoms with Gasteiger partial charge in [-0.05, 0) is 37.3 Å². The number of aromatic carboxylic acids is 1. The molecule has 1 aromatic rings. The molecule has 114 valence electrons. The van der Waals surface area contributed by atoms with Gasteiger partial charge in [0, 0.05) is 25.9 Å². The molecule has 0 saturated carbocycles. The molecule has 1 aromatic heterocycles. The summed E-state index contributed by atoms with van der Waals surface area (Å²) in [5, 5.41) is 9.49. The lowest BCUT2D eigenvalue weighted by molar-refractivity contribution is 0.0697. The molecule has 1 N–H and O–H groups in total. The molecule has 0 atom stereocenters. The van der Waals surface area contributed by atoms with Gasteiger partial charge >= 0.3 is 5.97 Å². The normalized spacial score (nSPS) is 13.6. The number of anilines is 1. The van der Waals surface area contributed by atoms with Crippen molar-refractivity contribution < 1.29 is 14.6 Å². The summed E-state index contributed by atoms with van der Waals surface area (Å²) in [7, 11) is 1.63. The largest absolute Gasteiger partial charge is 0.478 e. The highest BCUT2D eigenvalue weighted by molar-refractivity contribution is 5.93. The summed E-state index contributed by atoms with van der Waals surface area (Å²) in [5.74, 6) is -0.405. The zero-order valence-corrected chi connectivity index (χ0v) is 12.5. The van der Waals surface area contributed by atoms with E-state index in [0.29, 0.717) is 25.5 Å². The van der Waals surface area contributed by atoms with Gasteiger partial charge in [-0.15, -0.1) is 6.58 Å². The number of carboxylic acids is 1. The second kappa shape index (κ2) is 7.22. The highest BCUT2D eigenvalue weighted by Gasteiger charge is 2.22. The van der Waals surface area contributed by atoms with Gasteiger partial charge in [-0.1, -0.05) is 6.08 Å². The highest BCUT2D eigenvalue weighted by Crippen LogP contribution is 2.27. The molecule has 1 heterocycles. The van der Waals surface area contributed by atoms with Crippen molar-refractivity contribution in [2.24, 2.45) is 0 Å². The molecule has 5 heteroatoms. The molecule has 1 aliphatic rings. The molecular weight excluding hydrogens is 268 g/mol. The van der Waals surface area contributed by atoms with E-state index in [2.05, 4.69) is 11.6 Å². The Morgan fingerprint density at radius 1 is 1.52 bits per heavy atom. The third-order valence-corrected chi connectivity index (χ3v) is 3.73. The first-order valence-corrected chi connectivity index (χ1v) is 7.28. The van der Waals surface area contributed by atoms with E-state index < -0.39 is 5.97 Å². The number of methoxy groups -OCH3 is 1. The number of carbonyl (C=O) groups is 1. The van der Waals surface area contributed by atoms with Crippen molar-refractivity contribution in [1.29, 1.82) is 0 Å². The number of aryl methyl sites for hydroxylation is 2. The quantitative estimate of drug-likeness (QED) is 0.781. The topological polar surface area (TPSA) is 62.7 Å². The molecule has 0 fully saturated rings. The summed E-state index contributed by atoms with van der Waals surface area (Å²) < 4.78 is 5.10. The van der Waals surface area contributed by atoms with Crippen LogP contribution in [0.2, 0.25) is 0 Å². The maximum Gasteiger partial charge on any atom is 0.339 e. The van der Waals surface area contributed by atoms with Gasteiger partial charge in [0.15, 0.2) is 0 Å². The Hall–Kier alpha value is -1.88. The lowest BCUT2D eigenvalue weighted by Gasteiger charge is -2.26. The van der Waals surface area contributed by atoms with Gasteiger partial charge in [0.05, 0.1) is 6.61 Å². The number of rotatable bonds is 7. The Morgan fingerprint density at radius 2 is 2.29 bits per heavy atom. The Morgan fingerprint density at radius 3 is 2.95 bits per heavy atom. The van der Waals surface area contributed by atoms with Gasteiger partial charge in [-0.3, -0.25) is 0 Å². The van der Waals surface area contributed by atoms with Crippen LogP contribution < -0.4 is 4.90 Å². The van der Waals surface area contributed by atoms with Crippen LogP contribution in [0.5, 0.6) is 0 Å². The second-order valence-corrected chi connectivity index (χ2v) is 5.21. The Labute approximate surface area is 125 Å². The van der Waals surface area contributed by atoms with Crippen molar-refractivity contribution in [1.82, 2.24) is 4.98 Å². The molecule has 0 amide bonds. The fourth-order valence-corrected chi connectivity index (χ4v) is 2.66. The molecule has 2 rings (SSSR count). The first kappa shape index (κ1) is 15.5. The van der Waals surface area contributed by atoms with Crippen LogP contribution in [-0.2, 0) is 17.6 Å². The molecule has 5 nitrogen and oxygen atoms in total. The van der Waals surface area contributed by atoms with Gasteiger partial charge in [-0.2, -0.15) is 0 Å². The van der Waals surface area contributed by atoms with Crippen molar-refractivity contribution >= 4 is 11.8 Å². The van der Waals surface area contributed by atoms with E-state index in [1.165, 1.54) is 0 Å². The third kappa shape index (κ3) is 3.61. The molecule has 0 unspecified atom stereocenters. The van der Waals surface area contributed by atoms with Crippen LogP contribution in [0.3, 0.4) is 0 Å². The summed E-state index contributed by atoms with van der Waals surface area (Å²) >= 11 is 0. The highest BCUT2D eigenvalue weighted by atomic mass is 16.5. The number of pyridine rings is 1. The maximum atomic E-state index is 11.6. The van der Waals surface area contributed by atoms with Crippen molar-refractivity contribution in [3.63, 3.8) is 0 Å². The van der Waals surface area contributed by atoms with Crippen molar-refractivity contribution in [2.75, 3.05) is 31.7 Å². The van der Waals surface area contributed by atoms with E-state index in [4.69, 9.17) is 4.74 Å². The Balaban J connectivity index is 2.42. The molecule has 0 radical (unpaired) electrons. The van der Waals surface area contributed by atoms with Gasteiger partial charge in [-0.25, -0.2) is 9.78 Å². The molecule has 1 aliphatic carbocycles. The molecule has 0 aliphatic heterocycles. The minimum absolute atomic E-state index is 0.272. The number of fused-ring (bicyclic) bond motifs is 1. The summed E-state index contributed by atoms with van der Waals surface area (Å²) in [6, 6.07) is 1.79. The fraction of sp³-hybridized carbons (Fsp3) is 0.500. The SMILES string of the molecule is C=CCN(CCOC)c1nc2c(cc1C(=O)O)CCCC2. The van der Waals surface area contributed by atoms with E-state index in [9.17, 15) is 9.90 Å². The van der Waals surface area contributed by atoms with Gasteiger partial charge in [0.2, 0.25) is 0 Å². The second-order valence-electron chi connectivity index (χ2n) is 5.21. The fourth-order valence-electron chi connectivity index (χ4n) is 2.66. The van der Waals surface area contributed by atoms with Crippen LogP contribution in [0.1, 0.15) is 34.5 Å². The first-order chi connectivity index (χ1) is 10.2. The number of carboxylic acid groups (broad SMARTS) is 1. The predicted octanol–water partition coefficient (Wildman–Crippen LogP) is 2.30. The lowest BCUT2D eigenvalue weighted by Crippen LogP contribution is -2.30. The zero-order chi connectivity index (χ0) is 15.2. The van der Waals surface area contributed by atoms with Crippen molar-refractivity contribution in [3.8, 4) is 0 Å². The number of nitrogens with zero attached hydrogens (tertiary/aromatic N) is 2. The molecule has 0 bridgehead atoms. The molecule has 21 heavy (non-hydrogen) atoms. The average Bonchev–Trinajstić information content (AvgIpc) is 2.50. The van der Waals surface area contributed by atoms with Crippen LogP contribution in [0.25, 0.3) is 0 Å². The number of aromatic nitrogens is 1. The van der Waals surface area contributed by atoms with E-state index in [1.54, 1.807) is 19.3 Å². The van der Waals surface area contributed by atoms with Crippen molar-refractivity contribution in [2.45, 2.75) is 25.7 Å². The number of ether oxygens (including phenoxy) is 1. The van der Waals surface area contributed by atoms with Crippen molar-refractivity contribution in [3.05, 3.63) is 35.5 Å². The molecule has 0 aromatic carbocycles. The average molecular weight is 290 g/mol. The standard InChI is InChI=1S/C16H22N2O3/c1-3-8-18(9-10-21-2)15-13(16(19)20)11-12-6-4-5-7-14(12)17-15/h3,11H,1,4-10H2,2H3,(H,19,20). The lowest BCUT2D eigenvalue weighted by atomic mass is 9.94. The van der Waals surface area contributed by atoms with Crippen LogP contribution >= 0.6 is 0 Å². The predicted molar refractivity (Wildman–Crippen MR) is 82.1 cm³/mol. The molecule has 0 spiro atoms. The smallest absolute Gasteiger partial charge is 0.339 e. The zero-order valence-electron chi connectivity index (χ0n) is 12.5. The van der Waals surface area contributed by atoms with Gasteiger partial charge in [0.25, 0.3) is 0 Å². The van der Waals surface area contributed by atoms with Crippen LogP contribution in [0.15, 0.2) is 18.7 Å². The minimum Gasteiger partial charge on any atom is -0.478 e. The van der Waals surface area contributed by atoms with E-state index in [1.807, 2.05) is 4.90 Å². The third-order valence-electron chi connectivity index (χ3n) is 3.73. The number of hydrogen-bond acceptors (Lipinski definition) is 4. The van der Waals surface area contributed by atoms with E-state index in [-0.39, 0.29) is 5.56 Å².